The van der Waals surface area contributed by atoms with Crippen LogP contribution in [0.3, 0.4) is 0 Å². The van der Waals surface area contributed by atoms with Gasteiger partial charge in [0.15, 0.2) is 5.82 Å². The molecule has 0 aliphatic rings. The molecule has 0 bridgehead atoms. The average molecular weight is 217 g/mol. The molecule has 0 aliphatic heterocycles. The fraction of sp³-hybridized carbons (Fsp3) is 0.0909. The molecule has 0 aliphatic carbocycles. The topological polar surface area (TPSA) is 67.3 Å². The van der Waals surface area contributed by atoms with Crippen molar-refractivity contribution in [3.05, 3.63) is 48.7 Å². The molecule has 0 saturated carbocycles. The molecule has 5 nitrogen and oxygen atoms in total. The lowest BCUT2D eigenvalue weighted by molar-refractivity contribution is 0.00737. The third kappa shape index (κ3) is 2.93. The maximum atomic E-state index is 9.55. The van der Waals surface area contributed by atoms with Gasteiger partial charge < -0.3 is 15.2 Å². The zero-order chi connectivity index (χ0) is 11.2. The molecule has 1 aromatic heterocycles. The van der Waals surface area contributed by atoms with E-state index in [-0.39, 0.29) is 0 Å². The fourth-order valence-electron chi connectivity index (χ4n) is 1.16. The molecule has 5 heteroatoms. The van der Waals surface area contributed by atoms with Crippen LogP contribution in [-0.4, -0.2) is 21.7 Å². The van der Waals surface area contributed by atoms with E-state index >= 15 is 0 Å². The molecule has 0 spiro atoms. The van der Waals surface area contributed by atoms with Gasteiger partial charge in [0, 0.05) is 6.20 Å². The number of nitrogens with one attached hydrogen (secondary N) is 1. The van der Waals surface area contributed by atoms with Crippen LogP contribution in [0.15, 0.2) is 48.7 Å². The number of hydrogen-bond donors (Lipinski definition) is 2. The van der Waals surface area contributed by atoms with Crippen molar-refractivity contribution in [2.45, 2.75) is 6.41 Å². The van der Waals surface area contributed by atoms with Crippen molar-refractivity contribution in [3.8, 4) is 5.75 Å². The second kappa shape index (κ2) is 5.09. The van der Waals surface area contributed by atoms with Gasteiger partial charge in [0.25, 0.3) is 6.41 Å². The van der Waals surface area contributed by atoms with Crippen LogP contribution in [0.4, 0.5) is 5.82 Å². The minimum atomic E-state index is -1.15. The van der Waals surface area contributed by atoms with Crippen LogP contribution in [0.2, 0.25) is 0 Å². The number of ether oxygens (including phenoxy) is 1. The number of nitrogens with zero attached hydrogens (tertiary/aromatic N) is 2. The van der Waals surface area contributed by atoms with Gasteiger partial charge in [0.05, 0.1) is 0 Å². The van der Waals surface area contributed by atoms with Crippen molar-refractivity contribution in [1.29, 1.82) is 0 Å². The highest BCUT2D eigenvalue weighted by Crippen LogP contribution is 2.10. The van der Waals surface area contributed by atoms with E-state index in [9.17, 15) is 5.11 Å². The summed E-state index contributed by atoms with van der Waals surface area (Å²) >= 11 is 0. The molecule has 2 aromatic rings. The normalized spacial score (nSPS) is 11.8. The zero-order valence-electron chi connectivity index (χ0n) is 8.45. The van der Waals surface area contributed by atoms with Gasteiger partial charge in [-0.3, -0.25) is 0 Å². The molecule has 0 fully saturated rings. The standard InChI is InChI=1S/C11H11N3O2/c15-11(13-10-7-4-8-12-14-10)16-9-5-2-1-3-6-9/h1-8,11,15H,(H,13,14). The van der Waals surface area contributed by atoms with Crippen LogP contribution in [-0.2, 0) is 0 Å². The number of hydrogen-bond acceptors (Lipinski definition) is 5. The minimum Gasteiger partial charge on any atom is -0.447 e. The van der Waals surface area contributed by atoms with E-state index in [0.29, 0.717) is 11.6 Å². The first-order valence-corrected chi connectivity index (χ1v) is 4.78. The van der Waals surface area contributed by atoms with Gasteiger partial charge in [-0.05, 0) is 24.3 Å². The molecule has 1 heterocycles. The van der Waals surface area contributed by atoms with Crippen molar-refractivity contribution in [2.75, 3.05) is 5.32 Å². The molecule has 1 atom stereocenters. The SMILES string of the molecule is OC(Nc1cccnn1)Oc1ccccc1. The van der Waals surface area contributed by atoms with Crippen LogP contribution < -0.4 is 10.1 Å². The molecule has 1 unspecified atom stereocenters. The van der Waals surface area contributed by atoms with Gasteiger partial charge in [-0.25, -0.2) is 0 Å². The van der Waals surface area contributed by atoms with Crippen molar-refractivity contribution >= 4 is 5.82 Å². The Morgan fingerprint density at radius 2 is 1.94 bits per heavy atom. The summed E-state index contributed by atoms with van der Waals surface area (Å²) in [5, 5.41) is 19.6. The fourth-order valence-corrected chi connectivity index (χ4v) is 1.16. The van der Waals surface area contributed by atoms with E-state index in [1.807, 2.05) is 18.2 Å². The van der Waals surface area contributed by atoms with Crippen LogP contribution in [0, 0.1) is 0 Å². The summed E-state index contributed by atoms with van der Waals surface area (Å²) < 4.78 is 5.19. The molecule has 0 amide bonds. The Morgan fingerprint density at radius 3 is 2.62 bits per heavy atom. The van der Waals surface area contributed by atoms with Crippen LogP contribution >= 0.6 is 0 Å². The Morgan fingerprint density at radius 1 is 1.12 bits per heavy atom. The third-order valence-electron chi connectivity index (χ3n) is 1.83. The molecule has 0 radical (unpaired) electrons. The van der Waals surface area contributed by atoms with E-state index < -0.39 is 6.41 Å². The summed E-state index contributed by atoms with van der Waals surface area (Å²) in [7, 11) is 0. The Kier molecular flexibility index (Phi) is 3.30. The molecular formula is C11H11N3O2. The van der Waals surface area contributed by atoms with Gasteiger partial charge in [-0.2, -0.15) is 5.10 Å². The van der Waals surface area contributed by atoms with Gasteiger partial charge >= 0.3 is 0 Å². The molecule has 16 heavy (non-hydrogen) atoms. The highest BCUT2D eigenvalue weighted by Gasteiger charge is 2.05. The number of benzene rings is 1. The van der Waals surface area contributed by atoms with Gasteiger partial charge in [-0.1, -0.05) is 18.2 Å². The van der Waals surface area contributed by atoms with Crippen LogP contribution in [0.1, 0.15) is 0 Å². The van der Waals surface area contributed by atoms with Gasteiger partial charge in [0.1, 0.15) is 5.75 Å². The van der Waals surface area contributed by atoms with Gasteiger partial charge in [-0.15, -0.1) is 5.10 Å². The second-order valence-electron chi connectivity index (χ2n) is 3.04. The average Bonchev–Trinajstić information content (AvgIpc) is 2.31. The quantitative estimate of drug-likeness (QED) is 0.754. The Bertz CT molecular complexity index is 380. The Hall–Kier alpha value is -2.14. The predicted molar refractivity (Wildman–Crippen MR) is 58.7 cm³/mol. The number of rotatable bonds is 4. The van der Waals surface area contributed by atoms with E-state index in [2.05, 4.69) is 15.5 Å². The van der Waals surface area contributed by atoms with Crippen LogP contribution in [0.5, 0.6) is 5.75 Å². The first-order valence-electron chi connectivity index (χ1n) is 4.78. The molecular weight excluding hydrogens is 206 g/mol. The van der Waals surface area contributed by atoms with Crippen molar-refractivity contribution < 1.29 is 9.84 Å². The second-order valence-corrected chi connectivity index (χ2v) is 3.04. The number of para-hydroxylation sites is 1. The number of aromatic nitrogens is 2. The maximum Gasteiger partial charge on any atom is 0.280 e. The van der Waals surface area contributed by atoms with E-state index in [1.54, 1.807) is 30.5 Å². The summed E-state index contributed by atoms with van der Waals surface area (Å²) in [5.74, 6) is 1.03. The summed E-state index contributed by atoms with van der Waals surface area (Å²) in [4.78, 5) is 0. The van der Waals surface area contributed by atoms with E-state index in [1.165, 1.54) is 0 Å². The van der Waals surface area contributed by atoms with Crippen molar-refractivity contribution in [3.63, 3.8) is 0 Å². The molecule has 2 rings (SSSR count). The largest absolute Gasteiger partial charge is 0.447 e. The number of anilines is 1. The smallest absolute Gasteiger partial charge is 0.280 e. The monoisotopic (exact) mass is 217 g/mol. The first-order chi connectivity index (χ1) is 7.84. The zero-order valence-corrected chi connectivity index (χ0v) is 8.45. The van der Waals surface area contributed by atoms with Gasteiger partial charge in [0.2, 0.25) is 0 Å². The highest BCUT2D eigenvalue weighted by atomic mass is 16.6. The lowest BCUT2D eigenvalue weighted by Gasteiger charge is -2.14. The Balaban J connectivity index is 1.92. The summed E-state index contributed by atoms with van der Waals surface area (Å²) in [5.41, 5.74) is 0. The molecule has 0 saturated heterocycles. The first kappa shape index (κ1) is 10.4. The minimum absolute atomic E-state index is 0.450. The predicted octanol–water partition coefficient (Wildman–Crippen LogP) is 1.24. The molecule has 2 N–H and O–H groups in total. The van der Waals surface area contributed by atoms with E-state index in [0.717, 1.165) is 0 Å². The molecule has 1 aromatic carbocycles. The highest BCUT2D eigenvalue weighted by molar-refractivity contribution is 5.32. The lowest BCUT2D eigenvalue weighted by Crippen LogP contribution is -2.26. The van der Waals surface area contributed by atoms with Crippen LogP contribution in [0.25, 0.3) is 0 Å². The van der Waals surface area contributed by atoms with Crippen molar-refractivity contribution in [2.24, 2.45) is 0 Å². The third-order valence-corrected chi connectivity index (χ3v) is 1.83. The Labute approximate surface area is 92.7 Å². The lowest BCUT2D eigenvalue weighted by atomic mass is 10.3. The maximum absolute atomic E-state index is 9.55. The van der Waals surface area contributed by atoms with Crippen molar-refractivity contribution in [1.82, 2.24) is 10.2 Å². The number of aliphatic hydroxyl groups excluding tert-OH is 1. The summed E-state index contributed by atoms with van der Waals surface area (Å²) in [6.07, 6.45) is 0.398. The molecule has 82 valence electrons. The summed E-state index contributed by atoms with van der Waals surface area (Å²) in [6, 6.07) is 12.4. The number of aliphatic hydroxyl groups is 1. The summed E-state index contributed by atoms with van der Waals surface area (Å²) in [6.45, 7) is 0. The van der Waals surface area contributed by atoms with E-state index in [4.69, 9.17) is 4.74 Å².